The number of rotatable bonds is 10. The molecule has 0 unspecified atom stereocenters. The van der Waals surface area contributed by atoms with E-state index in [2.05, 4.69) is 34.9 Å². The van der Waals surface area contributed by atoms with Gasteiger partial charge in [0.25, 0.3) is 0 Å². The fraction of sp³-hybridized carbons (Fsp3) is 0.290. The molecule has 38 heavy (non-hydrogen) atoms. The molecule has 1 aliphatic heterocycles. The summed E-state index contributed by atoms with van der Waals surface area (Å²) < 4.78 is 13.1. The molecule has 6 nitrogen and oxygen atoms in total. The van der Waals surface area contributed by atoms with Gasteiger partial charge in [0.15, 0.2) is 0 Å². The fourth-order valence-corrected chi connectivity index (χ4v) is 4.82. The van der Waals surface area contributed by atoms with Crippen molar-refractivity contribution in [3.63, 3.8) is 0 Å². The molecule has 1 fully saturated rings. The van der Waals surface area contributed by atoms with E-state index in [1.165, 1.54) is 18.2 Å². The zero-order valence-electron chi connectivity index (χ0n) is 21.4. The monoisotopic (exact) mass is 514 g/mol. The standard InChI is InChI=1S/C31H35FN4O2/c32-26-14-11-23(12-15-26)13-16-30(37)34-21-27-18-20-36(31(38)29(35-27)17-19-33)22-28(24-7-3-1-4-8-24)25-9-5-2-6-10-25/h1-16,27-29,35H,17-22,33H2,(H,34,37)/t27-,29-/m0/s1. The highest BCUT2D eigenvalue weighted by atomic mass is 19.1. The molecule has 2 atom stereocenters. The van der Waals surface area contributed by atoms with Crippen LogP contribution in [0.5, 0.6) is 0 Å². The molecule has 198 valence electrons. The SMILES string of the molecule is NCC[C@@H]1N[C@H](CNC(=O)C=Cc2ccc(F)cc2)CCN(CC(c2ccccc2)c2ccccc2)C1=O. The van der Waals surface area contributed by atoms with E-state index in [0.717, 1.165) is 16.7 Å². The molecule has 4 N–H and O–H groups in total. The van der Waals surface area contributed by atoms with Crippen LogP contribution in [0.2, 0.25) is 0 Å². The van der Waals surface area contributed by atoms with E-state index in [1.807, 2.05) is 41.3 Å². The van der Waals surface area contributed by atoms with Gasteiger partial charge in [0.2, 0.25) is 11.8 Å². The van der Waals surface area contributed by atoms with Gasteiger partial charge in [0, 0.05) is 37.7 Å². The van der Waals surface area contributed by atoms with Crippen LogP contribution in [0.1, 0.15) is 35.4 Å². The first-order chi connectivity index (χ1) is 18.5. The van der Waals surface area contributed by atoms with Crippen molar-refractivity contribution in [1.82, 2.24) is 15.5 Å². The Morgan fingerprint density at radius 3 is 2.26 bits per heavy atom. The van der Waals surface area contributed by atoms with Crippen LogP contribution in [0.4, 0.5) is 4.39 Å². The predicted molar refractivity (Wildman–Crippen MR) is 149 cm³/mol. The second-order valence-corrected chi connectivity index (χ2v) is 9.57. The number of nitrogens with two attached hydrogens (primary N) is 1. The molecule has 0 saturated carbocycles. The Morgan fingerprint density at radius 2 is 1.66 bits per heavy atom. The second-order valence-electron chi connectivity index (χ2n) is 9.57. The third-order valence-electron chi connectivity index (χ3n) is 6.88. The van der Waals surface area contributed by atoms with E-state index in [1.54, 1.807) is 18.2 Å². The average Bonchev–Trinajstić information content (AvgIpc) is 3.09. The third-order valence-corrected chi connectivity index (χ3v) is 6.88. The predicted octanol–water partition coefficient (Wildman–Crippen LogP) is 3.70. The van der Waals surface area contributed by atoms with Crippen LogP contribution in [0.15, 0.2) is 91.0 Å². The lowest BCUT2D eigenvalue weighted by atomic mass is 9.90. The Labute approximate surface area is 223 Å². The molecular weight excluding hydrogens is 479 g/mol. The van der Waals surface area contributed by atoms with E-state index < -0.39 is 6.04 Å². The van der Waals surface area contributed by atoms with Gasteiger partial charge >= 0.3 is 0 Å². The van der Waals surface area contributed by atoms with Crippen LogP contribution < -0.4 is 16.4 Å². The highest BCUT2D eigenvalue weighted by Gasteiger charge is 2.32. The molecule has 0 radical (unpaired) electrons. The van der Waals surface area contributed by atoms with Gasteiger partial charge in [-0.1, -0.05) is 72.8 Å². The summed E-state index contributed by atoms with van der Waals surface area (Å²) in [4.78, 5) is 27.9. The van der Waals surface area contributed by atoms with Gasteiger partial charge in [0.1, 0.15) is 5.82 Å². The number of nitrogens with one attached hydrogen (secondary N) is 2. The normalized spacial score (nSPS) is 18.1. The molecule has 3 aromatic carbocycles. The molecule has 7 heteroatoms. The van der Waals surface area contributed by atoms with Crippen molar-refractivity contribution in [1.29, 1.82) is 0 Å². The number of hydrogen-bond donors (Lipinski definition) is 3. The van der Waals surface area contributed by atoms with Crippen LogP contribution in [-0.2, 0) is 9.59 Å². The minimum absolute atomic E-state index is 0.0392. The molecule has 2 amide bonds. The molecule has 0 aromatic heterocycles. The highest BCUT2D eigenvalue weighted by molar-refractivity contribution is 5.91. The van der Waals surface area contributed by atoms with Gasteiger partial charge < -0.3 is 21.3 Å². The van der Waals surface area contributed by atoms with Crippen LogP contribution in [-0.4, -0.2) is 55.0 Å². The Hall–Kier alpha value is -3.81. The Balaban J connectivity index is 1.42. The van der Waals surface area contributed by atoms with Gasteiger partial charge in [-0.25, -0.2) is 4.39 Å². The van der Waals surface area contributed by atoms with E-state index >= 15 is 0 Å². The van der Waals surface area contributed by atoms with Crippen LogP contribution >= 0.6 is 0 Å². The topological polar surface area (TPSA) is 87.5 Å². The minimum Gasteiger partial charge on any atom is -0.351 e. The van der Waals surface area contributed by atoms with Gasteiger partial charge in [-0.15, -0.1) is 0 Å². The third kappa shape index (κ3) is 7.60. The maximum absolute atomic E-state index is 13.6. The number of carbonyl (C=O) groups is 2. The first-order valence-electron chi connectivity index (χ1n) is 13.1. The maximum atomic E-state index is 13.6. The second kappa shape index (κ2) is 13.7. The molecule has 1 saturated heterocycles. The Kier molecular flexibility index (Phi) is 9.78. The average molecular weight is 515 g/mol. The minimum atomic E-state index is -0.411. The highest BCUT2D eigenvalue weighted by Crippen LogP contribution is 2.27. The molecular formula is C31H35FN4O2. The summed E-state index contributed by atoms with van der Waals surface area (Å²) in [6.45, 7) is 1.91. The number of carbonyl (C=O) groups excluding carboxylic acids is 2. The lowest BCUT2D eigenvalue weighted by molar-refractivity contribution is -0.133. The number of hydrogen-bond acceptors (Lipinski definition) is 4. The number of amides is 2. The van der Waals surface area contributed by atoms with Crippen molar-refractivity contribution in [3.8, 4) is 0 Å². The van der Waals surface area contributed by atoms with Crippen molar-refractivity contribution in [2.75, 3.05) is 26.2 Å². The van der Waals surface area contributed by atoms with Crippen LogP contribution in [0.25, 0.3) is 6.08 Å². The van der Waals surface area contributed by atoms with Crippen LogP contribution in [0.3, 0.4) is 0 Å². The van der Waals surface area contributed by atoms with Crippen molar-refractivity contribution >= 4 is 17.9 Å². The van der Waals surface area contributed by atoms with Crippen molar-refractivity contribution in [2.24, 2.45) is 5.73 Å². The van der Waals surface area contributed by atoms with Gasteiger partial charge in [-0.2, -0.15) is 0 Å². The number of benzene rings is 3. The lowest BCUT2D eigenvalue weighted by Crippen LogP contribution is -2.49. The molecule has 1 heterocycles. The van der Waals surface area contributed by atoms with E-state index in [4.69, 9.17) is 5.73 Å². The van der Waals surface area contributed by atoms with E-state index in [-0.39, 0.29) is 29.6 Å². The molecule has 0 bridgehead atoms. The quantitative estimate of drug-likeness (QED) is 0.360. The van der Waals surface area contributed by atoms with Crippen molar-refractivity contribution < 1.29 is 14.0 Å². The summed E-state index contributed by atoms with van der Waals surface area (Å²) in [7, 11) is 0. The number of halogens is 1. The Morgan fingerprint density at radius 1 is 1.03 bits per heavy atom. The van der Waals surface area contributed by atoms with E-state index in [9.17, 15) is 14.0 Å². The summed E-state index contributed by atoms with van der Waals surface area (Å²) in [6, 6.07) is 26.0. The summed E-state index contributed by atoms with van der Waals surface area (Å²) in [5.74, 6) is -0.474. The summed E-state index contributed by atoms with van der Waals surface area (Å²) in [6.07, 6.45) is 4.30. The van der Waals surface area contributed by atoms with E-state index in [0.29, 0.717) is 39.0 Å². The van der Waals surface area contributed by atoms with Crippen molar-refractivity contribution in [2.45, 2.75) is 30.8 Å². The zero-order chi connectivity index (χ0) is 26.7. The summed E-state index contributed by atoms with van der Waals surface area (Å²) in [5.41, 5.74) is 8.93. The first kappa shape index (κ1) is 27.2. The fourth-order valence-electron chi connectivity index (χ4n) is 4.82. The van der Waals surface area contributed by atoms with Crippen molar-refractivity contribution in [3.05, 3.63) is 114 Å². The van der Waals surface area contributed by atoms with Gasteiger partial charge in [0.05, 0.1) is 6.04 Å². The Bertz CT molecular complexity index is 1160. The molecule has 1 aliphatic rings. The zero-order valence-corrected chi connectivity index (χ0v) is 21.4. The number of nitrogens with zero attached hydrogens (tertiary/aromatic N) is 1. The molecule has 0 aliphatic carbocycles. The van der Waals surface area contributed by atoms with Crippen LogP contribution in [0, 0.1) is 5.82 Å². The smallest absolute Gasteiger partial charge is 0.244 e. The molecule has 3 aromatic rings. The largest absolute Gasteiger partial charge is 0.351 e. The summed E-state index contributed by atoms with van der Waals surface area (Å²) in [5, 5.41) is 6.36. The summed E-state index contributed by atoms with van der Waals surface area (Å²) >= 11 is 0. The first-order valence-corrected chi connectivity index (χ1v) is 13.1. The van der Waals surface area contributed by atoms with Gasteiger partial charge in [-0.05, 0) is 54.3 Å². The molecule has 4 rings (SSSR count). The lowest BCUT2D eigenvalue weighted by Gasteiger charge is -2.29. The molecule has 0 spiro atoms. The van der Waals surface area contributed by atoms with Gasteiger partial charge in [-0.3, -0.25) is 9.59 Å². The maximum Gasteiger partial charge on any atom is 0.244 e.